The highest BCUT2D eigenvalue weighted by Gasteiger charge is 2.26. The number of carbonyl (C=O) groups is 1. The Hall–Kier alpha value is -2.68. The summed E-state index contributed by atoms with van der Waals surface area (Å²) in [6.45, 7) is 3.70. The first-order chi connectivity index (χ1) is 12.2. The highest BCUT2D eigenvalue weighted by atomic mass is 32.2. The van der Waals surface area contributed by atoms with E-state index in [2.05, 4.69) is 15.5 Å². The summed E-state index contributed by atoms with van der Waals surface area (Å²) in [5.41, 5.74) is 0.833. The van der Waals surface area contributed by atoms with Crippen molar-refractivity contribution in [3.8, 4) is 5.75 Å². The maximum atomic E-state index is 12.2. The highest BCUT2D eigenvalue weighted by molar-refractivity contribution is 7.90. The van der Waals surface area contributed by atoms with E-state index >= 15 is 0 Å². The van der Waals surface area contributed by atoms with Crippen molar-refractivity contribution < 1.29 is 22.4 Å². The van der Waals surface area contributed by atoms with E-state index in [1.807, 2.05) is 26.0 Å². The van der Waals surface area contributed by atoms with Crippen LogP contribution < -0.4 is 10.1 Å². The molecule has 0 saturated carbocycles. The molecule has 0 radical (unpaired) electrons. The molecule has 1 aromatic carbocycles. The average molecular weight is 379 g/mol. The number of benzene rings is 1. The lowest BCUT2D eigenvalue weighted by atomic mass is 10.0. The molecule has 2 aromatic rings. The molecule has 0 aliphatic carbocycles. The van der Waals surface area contributed by atoms with Gasteiger partial charge in [-0.05, 0) is 29.7 Å². The van der Waals surface area contributed by atoms with E-state index in [0.717, 1.165) is 17.6 Å². The van der Waals surface area contributed by atoms with Crippen molar-refractivity contribution >= 4 is 21.8 Å². The van der Waals surface area contributed by atoms with Crippen LogP contribution in [0.4, 0.5) is 0 Å². The van der Waals surface area contributed by atoms with E-state index in [-0.39, 0.29) is 17.7 Å². The highest BCUT2D eigenvalue weighted by Crippen LogP contribution is 2.22. The Morgan fingerprint density at radius 2 is 1.88 bits per heavy atom. The first kappa shape index (κ1) is 19.6. The maximum Gasteiger partial charge on any atom is 0.335 e. The molecule has 140 valence electrons. The minimum atomic E-state index is -3.60. The van der Waals surface area contributed by atoms with Crippen molar-refractivity contribution in [1.29, 1.82) is 0 Å². The van der Waals surface area contributed by atoms with E-state index in [9.17, 15) is 13.2 Å². The Bertz CT molecular complexity index is 885. The lowest BCUT2D eigenvalue weighted by molar-refractivity contribution is -0.117. The van der Waals surface area contributed by atoms with Crippen LogP contribution >= 0.6 is 0 Å². The van der Waals surface area contributed by atoms with E-state index < -0.39 is 21.1 Å². The van der Waals surface area contributed by atoms with Crippen LogP contribution in [0.1, 0.15) is 31.3 Å². The normalized spacial score (nSPS) is 13.1. The van der Waals surface area contributed by atoms with Crippen LogP contribution in [0.5, 0.6) is 5.75 Å². The largest absolute Gasteiger partial charge is 0.497 e. The van der Waals surface area contributed by atoms with Gasteiger partial charge in [-0.2, -0.15) is 0 Å². The second-order valence-corrected chi connectivity index (χ2v) is 7.91. The molecule has 1 atom stereocenters. The third kappa shape index (κ3) is 5.16. The lowest BCUT2D eigenvalue weighted by Gasteiger charge is -2.17. The monoisotopic (exact) mass is 379 g/mol. The zero-order valence-electron chi connectivity index (χ0n) is 15.0. The summed E-state index contributed by atoms with van der Waals surface area (Å²) in [6, 6.07) is 6.61. The Labute approximate surface area is 152 Å². The van der Waals surface area contributed by atoms with Gasteiger partial charge in [0.25, 0.3) is 0 Å². The van der Waals surface area contributed by atoms with Crippen molar-refractivity contribution in [2.75, 3.05) is 13.4 Å². The number of ether oxygens (including phenoxy) is 1. The van der Waals surface area contributed by atoms with E-state index in [1.165, 1.54) is 6.08 Å². The van der Waals surface area contributed by atoms with E-state index in [0.29, 0.717) is 0 Å². The van der Waals surface area contributed by atoms with Gasteiger partial charge in [0.05, 0.1) is 7.11 Å². The van der Waals surface area contributed by atoms with Crippen LogP contribution in [-0.4, -0.2) is 37.9 Å². The third-order valence-electron chi connectivity index (χ3n) is 3.51. The molecule has 8 nitrogen and oxygen atoms in total. The molecule has 0 saturated heterocycles. The van der Waals surface area contributed by atoms with Crippen LogP contribution in [0, 0.1) is 5.92 Å². The predicted octanol–water partition coefficient (Wildman–Crippen LogP) is 2.01. The van der Waals surface area contributed by atoms with Gasteiger partial charge in [-0.1, -0.05) is 31.1 Å². The van der Waals surface area contributed by atoms with Gasteiger partial charge in [0.2, 0.25) is 21.6 Å². The van der Waals surface area contributed by atoms with Gasteiger partial charge < -0.3 is 14.5 Å². The number of carbonyl (C=O) groups excluding carboxylic acids is 1. The molecule has 9 heteroatoms. The molecule has 0 unspecified atom stereocenters. The second-order valence-electron chi connectivity index (χ2n) is 6.02. The van der Waals surface area contributed by atoms with Gasteiger partial charge in [-0.25, -0.2) is 8.42 Å². The maximum absolute atomic E-state index is 12.2. The molecule has 1 aromatic heterocycles. The van der Waals surface area contributed by atoms with Crippen molar-refractivity contribution in [2.45, 2.75) is 25.1 Å². The zero-order chi connectivity index (χ0) is 19.3. The number of aromatic nitrogens is 2. The zero-order valence-corrected chi connectivity index (χ0v) is 15.8. The topological polar surface area (TPSA) is 111 Å². The van der Waals surface area contributed by atoms with Gasteiger partial charge >= 0.3 is 5.22 Å². The molecular formula is C17H21N3O5S. The van der Waals surface area contributed by atoms with Crippen molar-refractivity contribution in [3.05, 3.63) is 41.8 Å². The number of methoxy groups -OCH3 is 1. The van der Waals surface area contributed by atoms with E-state index in [1.54, 1.807) is 25.3 Å². The van der Waals surface area contributed by atoms with Gasteiger partial charge in [0.15, 0.2) is 0 Å². The first-order valence-electron chi connectivity index (χ1n) is 7.87. The number of nitrogens with one attached hydrogen (secondary N) is 1. The fourth-order valence-corrected chi connectivity index (χ4v) is 2.52. The van der Waals surface area contributed by atoms with Gasteiger partial charge in [-0.15, -0.1) is 5.10 Å². The van der Waals surface area contributed by atoms with Crippen molar-refractivity contribution in [2.24, 2.45) is 5.92 Å². The molecule has 26 heavy (non-hydrogen) atoms. The summed E-state index contributed by atoms with van der Waals surface area (Å²) in [5, 5.41) is 9.55. The average Bonchev–Trinajstić information content (AvgIpc) is 3.08. The van der Waals surface area contributed by atoms with Crippen LogP contribution in [0.2, 0.25) is 0 Å². The van der Waals surface area contributed by atoms with Crippen LogP contribution in [0.15, 0.2) is 40.0 Å². The molecule has 0 spiro atoms. The minimum Gasteiger partial charge on any atom is -0.497 e. The quantitative estimate of drug-likeness (QED) is 0.732. The Morgan fingerprint density at radius 1 is 1.23 bits per heavy atom. The summed E-state index contributed by atoms with van der Waals surface area (Å²) in [5.74, 6) is 0.330. The SMILES string of the molecule is COc1ccc(/C=C/C(=O)N[C@H](c2nnc(S(C)(=O)=O)o2)C(C)C)cc1. The Kier molecular flexibility index (Phi) is 6.14. The fraction of sp³-hybridized carbons (Fsp3) is 0.353. The number of sulfone groups is 1. The van der Waals surface area contributed by atoms with Crippen LogP contribution in [0.3, 0.4) is 0 Å². The van der Waals surface area contributed by atoms with E-state index in [4.69, 9.17) is 9.15 Å². The summed E-state index contributed by atoms with van der Waals surface area (Å²) in [7, 11) is -2.02. The van der Waals surface area contributed by atoms with Crippen LogP contribution in [0.25, 0.3) is 6.08 Å². The molecule has 2 rings (SSSR count). The summed E-state index contributed by atoms with van der Waals surface area (Å²) in [4.78, 5) is 12.2. The van der Waals surface area contributed by atoms with Gasteiger partial charge in [0.1, 0.15) is 11.8 Å². The predicted molar refractivity (Wildman–Crippen MR) is 95.2 cm³/mol. The standard InChI is InChI=1S/C17H21N3O5S/c1-11(2)15(16-19-20-17(25-16)26(4,22)23)18-14(21)10-7-12-5-8-13(24-3)9-6-12/h5-11,15H,1-4H3,(H,18,21)/b10-7+/t15-/m0/s1. The Morgan fingerprint density at radius 3 is 2.38 bits per heavy atom. The molecule has 0 aliphatic rings. The van der Waals surface area contributed by atoms with Gasteiger partial charge in [-0.3, -0.25) is 4.79 Å². The van der Waals surface area contributed by atoms with Crippen LogP contribution in [-0.2, 0) is 14.6 Å². The molecule has 1 heterocycles. The molecule has 0 aliphatic heterocycles. The molecule has 0 bridgehead atoms. The first-order valence-corrected chi connectivity index (χ1v) is 9.76. The number of nitrogens with zero attached hydrogens (tertiary/aromatic N) is 2. The molecule has 0 fully saturated rings. The number of hydrogen-bond donors (Lipinski definition) is 1. The fourth-order valence-electron chi connectivity index (χ4n) is 2.10. The second kappa shape index (κ2) is 8.13. The Balaban J connectivity index is 2.10. The van der Waals surface area contributed by atoms with Gasteiger partial charge in [0, 0.05) is 12.3 Å². The summed E-state index contributed by atoms with van der Waals surface area (Å²) in [6.07, 6.45) is 4.01. The number of hydrogen-bond acceptors (Lipinski definition) is 7. The summed E-state index contributed by atoms with van der Waals surface area (Å²) >= 11 is 0. The minimum absolute atomic E-state index is 0.0478. The van der Waals surface area contributed by atoms with Crippen molar-refractivity contribution in [1.82, 2.24) is 15.5 Å². The summed E-state index contributed by atoms with van der Waals surface area (Å²) < 4.78 is 33.2. The third-order valence-corrected chi connectivity index (χ3v) is 4.31. The smallest absolute Gasteiger partial charge is 0.335 e. The van der Waals surface area contributed by atoms with Crippen molar-refractivity contribution in [3.63, 3.8) is 0 Å². The molecule has 1 amide bonds. The lowest BCUT2D eigenvalue weighted by Crippen LogP contribution is -2.30. The number of rotatable bonds is 7. The number of amides is 1. The molecule has 1 N–H and O–H groups in total. The molecular weight excluding hydrogens is 358 g/mol.